The zero-order valence-corrected chi connectivity index (χ0v) is 19.4. The van der Waals surface area contributed by atoms with Crippen molar-refractivity contribution < 1.29 is 9.18 Å². The van der Waals surface area contributed by atoms with Crippen LogP contribution in [0.1, 0.15) is 48.5 Å². The molecule has 166 valence electrons. The lowest BCUT2D eigenvalue weighted by atomic mass is 10.2. The van der Waals surface area contributed by atoms with Crippen LogP contribution in [0.25, 0.3) is 0 Å². The Morgan fingerprint density at radius 3 is 2.78 bits per heavy atom. The number of hydrogen-bond acceptors (Lipinski definition) is 7. The monoisotopic (exact) mass is 470 g/mol. The standard InChI is InChI=1S/C22H23FN6OS2/c1-13-14(2)29(15-7-3-4-8-15)20(16(13)11-24)26-19(30)12-31-22-28-27-21(32-22)25-18-10-6-5-9-17(18)23/h5-6,9-10,15H,3-4,7-8,12H2,1-2H3,(H,25,27)(H,26,30). The number of nitriles is 1. The third-order valence-electron chi connectivity index (χ3n) is 5.66. The van der Waals surface area contributed by atoms with Crippen LogP contribution in [0.3, 0.4) is 0 Å². The van der Waals surface area contributed by atoms with E-state index < -0.39 is 0 Å². The van der Waals surface area contributed by atoms with Crippen molar-refractivity contribution in [3.63, 3.8) is 0 Å². The first-order valence-electron chi connectivity index (χ1n) is 10.4. The van der Waals surface area contributed by atoms with Crippen molar-refractivity contribution in [2.45, 2.75) is 49.9 Å². The summed E-state index contributed by atoms with van der Waals surface area (Å²) in [5.41, 5.74) is 2.79. The number of rotatable bonds is 7. The van der Waals surface area contributed by atoms with Gasteiger partial charge in [-0.05, 0) is 44.4 Å². The van der Waals surface area contributed by atoms with Crippen molar-refractivity contribution in [2.24, 2.45) is 0 Å². The molecule has 1 amide bonds. The highest BCUT2D eigenvalue weighted by Crippen LogP contribution is 2.38. The Hall–Kier alpha value is -2.90. The zero-order chi connectivity index (χ0) is 22.7. The molecule has 1 aliphatic carbocycles. The highest BCUT2D eigenvalue weighted by atomic mass is 32.2. The lowest BCUT2D eigenvalue weighted by Gasteiger charge is -2.19. The summed E-state index contributed by atoms with van der Waals surface area (Å²) < 4.78 is 16.5. The van der Waals surface area contributed by atoms with Crippen molar-refractivity contribution in [1.29, 1.82) is 5.26 Å². The van der Waals surface area contributed by atoms with Gasteiger partial charge in [-0.1, -0.05) is 48.1 Å². The van der Waals surface area contributed by atoms with Crippen molar-refractivity contribution in [3.8, 4) is 6.07 Å². The molecule has 1 aromatic carbocycles. The molecule has 0 spiro atoms. The van der Waals surface area contributed by atoms with Crippen LogP contribution in [0.15, 0.2) is 28.6 Å². The summed E-state index contributed by atoms with van der Waals surface area (Å²) in [6, 6.07) is 8.90. The molecule has 0 unspecified atom stereocenters. The van der Waals surface area contributed by atoms with Gasteiger partial charge in [-0.3, -0.25) is 4.79 Å². The quantitative estimate of drug-likeness (QED) is 0.439. The van der Waals surface area contributed by atoms with E-state index in [-0.39, 0.29) is 17.5 Å². The number of amides is 1. The molecular weight excluding hydrogens is 447 g/mol. The van der Waals surface area contributed by atoms with Crippen molar-refractivity contribution in [2.75, 3.05) is 16.4 Å². The smallest absolute Gasteiger partial charge is 0.235 e. The summed E-state index contributed by atoms with van der Waals surface area (Å²) in [6.45, 7) is 3.93. The third-order valence-corrected chi connectivity index (χ3v) is 7.64. The van der Waals surface area contributed by atoms with Crippen LogP contribution in [0.2, 0.25) is 0 Å². The van der Waals surface area contributed by atoms with E-state index in [0.29, 0.717) is 32.6 Å². The maximum absolute atomic E-state index is 13.8. The van der Waals surface area contributed by atoms with Gasteiger partial charge in [0, 0.05) is 11.7 Å². The van der Waals surface area contributed by atoms with Crippen LogP contribution in [0, 0.1) is 31.0 Å². The molecule has 0 atom stereocenters. The van der Waals surface area contributed by atoms with Crippen molar-refractivity contribution in [3.05, 3.63) is 46.9 Å². The second kappa shape index (κ2) is 9.71. The molecule has 3 aromatic rings. The number of halogens is 1. The molecule has 0 saturated heterocycles. The Morgan fingerprint density at radius 2 is 2.06 bits per heavy atom. The number of thioether (sulfide) groups is 1. The van der Waals surface area contributed by atoms with E-state index in [1.54, 1.807) is 18.2 Å². The average molecular weight is 471 g/mol. The second-order valence-electron chi connectivity index (χ2n) is 7.67. The largest absolute Gasteiger partial charge is 0.328 e. The van der Waals surface area contributed by atoms with Gasteiger partial charge in [0.15, 0.2) is 4.34 Å². The van der Waals surface area contributed by atoms with Gasteiger partial charge in [0.2, 0.25) is 11.0 Å². The lowest BCUT2D eigenvalue weighted by molar-refractivity contribution is -0.113. The Balaban J connectivity index is 1.42. The Bertz CT molecular complexity index is 1180. The molecule has 10 heteroatoms. The molecule has 1 fully saturated rings. The molecule has 0 aliphatic heterocycles. The van der Waals surface area contributed by atoms with Gasteiger partial charge in [0.25, 0.3) is 0 Å². The van der Waals surface area contributed by atoms with Gasteiger partial charge in [0.05, 0.1) is 17.0 Å². The van der Waals surface area contributed by atoms with Gasteiger partial charge >= 0.3 is 0 Å². The van der Waals surface area contributed by atoms with E-state index in [4.69, 9.17) is 0 Å². The van der Waals surface area contributed by atoms with Crippen molar-refractivity contribution in [1.82, 2.24) is 14.8 Å². The van der Waals surface area contributed by atoms with Crippen LogP contribution >= 0.6 is 23.1 Å². The van der Waals surface area contributed by atoms with Gasteiger partial charge < -0.3 is 15.2 Å². The normalized spacial score (nSPS) is 13.8. The number of nitrogens with one attached hydrogen (secondary N) is 2. The SMILES string of the molecule is Cc1c(C#N)c(NC(=O)CSc2nnc(Nc3ccccc3F)s2)n(C2CCCC2)c1C. The fourth-order valence-corrected chi connectivity index (χ4v) is 5.56. The first-order chi connectivity index (χ1) is 15.5. The number of benzene rings is 1. The molecule has 1 saturated carbocycles. The number of nitrogens with zero attached hydrogens (tertiary/aromatic N) is 4. The first-order valence-corrected chi connectivity index (χ1v) is 12.2. The Kier molecular flexibility index (Phi) is 6.77. The Labute approximate surface area is 194 Å². The van der Waals surface area contributed by atoms with Gasteiger partial charge in [-0.15, -0.1) is 10.2 Å². The minimum absolute atomic E-state index is 0.132. The summed E-state index contributed by atoms with van der Waals surface area (Å²) in [5, 5.41) is 24.1. The van der Waals surface area contributed by atoms with E-state index in [2.05, 4.69) is 31.5 Å². The van der Waals surface area contributed by atoms with Crippen LogP contribution in [-0.2, 0) is 4.79 Å². The molecule has 0 bridgehead atoms. The topological polar surface area (TPSA) is 95.6 Å². The summed E-state index contributed by atoms with van der Waals surface area (Å²) in [7, 11) is 0. The molecule has 32 heavy (non-hydrogen) atoms. The second-order valence-corrected chi connectivity index (χ2v) is 9.87. The molecule has 0 radical (unpaired) electrons. The highest BCUT2D eigenvalue weighted by Gasteiger charge is 2.26. The molecule has 7 nitrogen and oxygen atoms in total. The van der Waals surface area contributed by atoms with E-state index >= 15 is 0 Å². The van der Waals surface area contributed by atoms with E-state index in [1.807, 2.05) is 13.8 Å². The predicted molar refractivity (Wildman–Crippen MR) is 125 cm³/mol. The minimum atomic E-state index is -0.375. The number of carbonyl (C=O) groups excluding carboxylic acids is 1. The summed E-state index contributed by atoms with van der Waals surface area (Å²) >= 11 is 2.50. The average Bonchev–Trinajstić information content (AvgIpc) is 3.50. The number of carbonyl (C=O) groups is 1. The molecule has 2 N–H and O–H groups in total. The fraction of sp³-hybridized carbons (Fsp3) is 0.364. The summed E-state index contributed by atoms with van der Waals surface area (Å²) in [5.74, 6) is 0.148. The Morgan fingerprint density at radius 1 is 1.31 bits per heavy atom. The predicted octanol–water partition coefficient (Wildman–Crippen LogP) is 5.56. The van der Waals surface area contributed by atoms with Gasteiger partial charge in [-0.25, -0.2) is 4.39 Å². The van der Waals surface area contributed by atoms with Crippen LogP contribution < -0.4 is 10.6 Å². The number of hydrogen-bond donors (Lipinski definition) is 2. The number of para-hydroxylation sites is 1. The molecule has 2 aromatic heterocycles. The minimum Gasteiger partial charge on any atom is -0.328 e. The zero-order valence-electron chi connectivity index (χ0n) is 17.8. The first kappa shape index (κ1) is 22.3. The number of aromatic nitrogens is 3. The lowest BCUT2D eigenvalue weighted by Crippen LogP contribution is -2.19. The van der Waals surface area contributed by atoms with Crippen LogP contribution in [0.4, 0.5) is 21.0 Å². The summed E-state index contributed by atoms with van der Waals surface area (Å²) in [6.07, 6.45) is 4.43. The van der Waals surface area contributed by atoms with Crippen LogP contribution in [0.5, 0.6) is 0 Å². The van der Waals surface area contributed by atoms with E-state index in [0.717, 1.165) is 36.9 Å². The van der Waals surface area contributed by atoms with E-state index in [1.165, 1.54) is 29.2 Å². The van der Waals surface area contributed by atoms with Crippen LogP contribution in [-0.4, -0.2) is 26.4 Å². The van der Waals surface area contributed by atoms with E-state index in [9.17, 15) is 14.4 Å². The maximum Gasteiger partial charge on any atom is 0.235 e. The highest BCUT2D eigenvalue weighted by molar-refractivity contribution is 8.01. The van der Waals surface area contributed by atoms with Gasteiger partial charge in [0.1, 0.15) is 17.7 Å². The summed E-state index contributed by atoms with van der Waals surface area (Å²) in [4.78, 5) is 12.7. The molecule has 1 aliphatic rings. The number of anilines is 3. The van der Waals surface area contributed by atoms with Gasteiger partial charge in [-0.2, -0.15) is 5.26 Å². The third kappa shape index (κ3) is 4.64. The maximum atomic E-state index is 13.8. The fourth-order valence-electron chi connectivity index (χ4n) is 4.00. The van der Waals surface area contributed by atoms with Crippen molar-refractivity contribution >= 4 is 45.6 Å². The molecule has 4 rings (SSSR count). The molecule has 2 heterocycles. The molecular formula is C22H23FN6OS2.